The molecular formula is C35H45N3O3. The van der Waals surface area contributed by atoms with Crippen LogP contribution in [0.15, 0.2) is 27.8 Å². The molecule has 0 aliphatic heterocycles. The maximum absolute atomic E-state index is 14.7. The van der Waals surface area contributed by atoms with Crippen molar-refractivity contribution >= 4 is 11.6 Å². The molecule has 0 saturated heterocycles. The SMILES string of the molecule is [C-]#[N+]C1=C[C@]2(C)C3=CC(=O)C4C5CC(C)(C)CC[C@]5(c5nnc(C6CC6)o5)CC[C@@]4(C)[C@]3(C)CC[C@H]2C(C)(C)C1=O. The van der Waals surface area contributed by atoms with Crippen LogP contribution in [0.1, 0.15) is 124 Å². The van der Waals surface area contributed by atoms with Crippen LogP contribution in [0.25, 0.3) is 4.85 Å². The summed E-state index contributed by atoms with van der Waals surface area (Å²) in [5.74, 6) is 2.24. The molecular weight excluding hydrogens is 510 g/mol. The number of hydrogen-bond donors (Lipinski definition) is 0. The van der Waals surface area contributed by atoms with Gasteiger partial charge in [0.15, 0.2) is 11.6 Å². The second-order valence-electron chi connectivity index (χ2n) is 16.6. The quantitative estimate of drug-likeness (QED) is 0.348. The lowest BCUT2D eigenvalue weighted by Gasteiger charge is -2.69. The number of rotatable bonds is 2. The molecule has 1 aromatic heterocycles. The highest BCUT2D eigenvalue weighted by Gasteiger charge is 2.70. The average molecular weight is 556 g/mol. The Morgan fingerprint density at radius 3 is 2.32 bits per heavy atom. The zero-order chi connectivity index (χ0) is 29.4. The Bertz CT molecular complexity index is 1470. The van der Waals surface area contributed by atoms with E-state index in [1.807, 2.05) is 26.0 Å². The lowest BCUT2D eigenvalue weighted by molar-refractivity contribution is -0.161. The van der Waals surface area contributed by atoms with Crippen LogP contribution in [0.4, 0.5) is 0 Å². The molecule has 6 aliphatic rings. The van der Waals surface area contributed by atoms with Gasteiger partial charge in [0, 0.05) is 22.7 Å². The number of allylic oxidation sites excluding steroid dienone is 4. The van der Waals surface area contributed by atoms with Crippen LogP contribution in [0, 0.1) is 51.4 Å². The third kappa shape index (κ3) is 3.35. The first-order chi connectivity index (χ1) is 19.1. The molecule has 2 unspecified atom stereocenters. The van der Waals surface area contributed by atoms with Crippen LogP contribution in [0.2, 0.25) is 0 Å². The normalized spacial score (nSPS) is 44.4. The topological polar surface area (TPSA) is 77.4 Å². The van der Waals surface area contributed by atoms with E-state index < -0.39 is 10.8 Å². The van der Waals surface area contributed by atoms with Gasteiger partial charge in [0.05, 0.1) is 12.0 Å². The van der Waals surface area contributed by atoms with E-state index in [9.17, 15) is 9.59 Å². The van der Waals surface area contributed by atoms with Crippen molar-refractivity contribution in [1.82, 2.24) is 10.2 Å². The summed E-state index contributed by atoms with van der Waals surface area (Å²) >= 11 is 0. The largest absolute Gasteiger partial charge is 0.424 e. The predicted molar refractivity (Wildman–Crippen MR) is 155 cm³/mol. The predicted octanol–water partition coefficient (Wildman–Crippen LogP) is 7.77. The molecule has 1 aromatic rings. The standard InChI is InChI=1S/C35H45N3O3/c1-30(2)13-15-35(29-38-37-28(41-29)20-9-10-20)16-14-34(7)26(21(35)18-30)23(39)17-25-32(5)19-22(36-8)27(40)31(3,4)24(32)11-12-33(25,34)6/h17,19-21,24,26H,9-16,18H2,1-7H3/t21?,24-,26?,32-,33+,34+,35-/m0/s1. The molecule has 6 heteroatoms. The number of Topliss-reactive ketones (excluding diaryl/α,β-unsaturated/α-hetero) is 1. The van der Waals surface area contributed by atoms with Crippen LogP contribution >= 0.6 is 0 Å². The van der Waals surface area contributed by atoms with Gasteiger partial charge in [-0.15, -0.1) is 10.2 Å². The summed E-state index contributed by atoms with van der Waals surface area (Å²) in [6, 6.07) is 0. The van der Waals surface area contributed by atoms with E-state index in [2.05, 4.69) is 44.6 Å². The van der Waals surface area contributed by atoms with E-state index in [-0.39, 0.29) is 56.7 Å². The number of fused-ring (bicyclic) bond motifs is 7. The molecule has 218 valence electrons. The van der Waals surface area contributed by atoms with Crippen molar-refractivity contribution in [2.75, 3.05) is 0 Å². The number of carbonyl (C=O) groups excluding carboxylic acids is 2. The van der Waals surface area contributed by atoms with E-state index in [1.54, 1.807) is 0 Å². The van der Waals surface area contributed by atoms with Crippen LogP contribution < -0.4 is 0 Å². The maximum atomic E-state index is 14.7. The average Bonchev–Trinajstić information content (AvgIpc) is 3.63. The molecule has 4 fully saturated rings. The number of ketones is 2. The highest BCUT2D eigenvalue weighted by molar-refractivity contribution is 6.03. The first-order valence-electron chi connectivity index (χ1n) is 15.9. The first-order valence-corrected chi connectivity index (χ1v) is 15.9. The molecule has 0 spiro atoms. The highest BCUT2D eigenvalue weighted by atomic mass is 16.4. The first kappa shape index (κ1) is 27.3. The van der Waals surface area contributed by atoms with E-state index in [4.69, 9.17) is 16.1 Å². The van der Waals surface area contributed by atoms with E-state index >= 15 is 0 Å². The minimum atomic E-state index is -0.640. The second-order valence-corrected chi connectivity index (χ2v) is 16.6. The molecule has 6 aliphatic carbocycles. The van der Waals surface area contributed by atoms with Gasteiger partial charge in [0.1, 0.15) is 0 Å². The third-order valence-electron chi connectivity index (χ3n) is 13.6. The Morgan fingerprint density at radius 1 is 0.927 bits per heavy atom. The fourth-order valence-electron chi connectivity index (χ4n) is 10.9. The second kappa shape index (κ2) is 8.08. The van der Waals surface area contributed by atoms with Gasteiger partial charge in [0.2, 0.25) is 17.5 Å². The highest BCUT2D eigenvalue weighted by Crippen LogP contribution is 2.74. The maximum Gasteiger partial charge on any atom is 0.226 e. The summed E-state index contributed by atoms with van der Waals surface area (Å²) in [4.78, 5) is 31.7. The van der Waals surface area contributed by atoms with Crippen molar-refractivity contribution in [3.05, 3.63) is 46.6 Å². The Hall–Kier alpha value is -2.55. The minimum Gasteiger partial charge on any atom is -0.424 e. The fraction of sp³-hybridized carbons (Fsp3) is 0.743. The summed E-state index contributed by atoms with van der Waals surface area (Å²) in [5.41, 5.74) is -0.310. The summed E-state index contributed by atoms with van der Waals surface area (Å²) < 4.78 is 6.48. The van der Waals surface area contributed by atoms with Crippen molar-refractivity contribution in [2.24, 2.45) is 44.8 Å². The summed E-state index contributed by atoms with van der Waals surface area (Å²) in [6.07, 6.45) is 13.0. The van der Waals surface area contributed by atoms with E-state index in [0.29, 0.717) is 5.92 Å². The number of aromatic nitrogens is 2. The molecule has 7 rings (SSSR count). The van der Waals surface area contributed by atoms with Gasteiger partial charge in [-0.25, -0.2) is 4.85 Å². The lowest BCUT2D eigenvalue weighted by atomic mass is 9.34. The van der Waals surface area contributed by atoms with Crippen LogP contribution in [0.5, 0.6) is 0 Å². The molecule has 1 heterocycles. The molecule has 0 bridgehead atoms. The van der Waals surface area contributed by atoms with Crippen LogP contribution in [0.3, 0.4) is 0 Å². The number of nitrogens with zero attached hydrogens (tertiary/aromatic N) is 3. The Morgan fingerprint density at radius 2 is 1.63 bits per heavy atom. The van der Waals surface area contributed by atoms with Crippen molar-refractivity contribution in [3.8, 4) is 0 Å². The summed E-state index contributed by atoms with van der Waals surface area (Å²) in [5, 5.41) is 9.22. The summed E-state index contributed by atoms with van der Waals surface area (Å²) in [7, 11) is 0. The van der Waals surface area contributed by atoms with Crippen molar-refractivity contribution in [1.29, 1.82) is 0 Å². The smallest absolute Gasteiger partial charge is 0.226 e. The molecule has 0 radical (unpaired) electrons. The molecule has 0 aromatic carbocycles. The zero-order valence-electron chi connectivity index (χ0n) is 25.9. The minimum absolute atomic E-state index is 0.0533. The van der Waals surface area contributed by atoms with Crippen molar-refractivity contribution in [3.63, 3.8) is 0 Å². The zero-order valence-corrected chi connectivity index (χ0v) is 25.9. The molecule has 0 N–H and O–H groups in total. The van der Waals surface area contributed by atoms with Gasteiger partial charge in [0.25, 0.3) is 0 Å². The molecule has 0 amide bonds. The van der Waals surface area contributed by atoms with Gasteiger partial charge in [-0.3, -0.25) is 4.79 Å². The van der Waals surface area contributed by atoms with Crippen LogP contribution in [-0.2, 0) is 15.0 Å². The fourth-order valence-corrected chi connectivity index (χ4v) is 10.9. The monoisotopic (exact) mass is 555 g/mol. The van der Waals surface area contributed by atoms with Gasteiger partial charge in [-0.2, -0.15) is 0 Å². The Kier molecular flexibility index (Phi) is 5.38. The van der Waals surface area contributed by atoms with E-state index in [0.717, 1.165) is 75.1 Å². The number of hydrogen-bond acceptors (Lipinski definition) is 5. The summed E-state index contributed by atoms with van der Waals surface area (Å²) in [6.45, 7) is 23.5. The molecule has 4 saturated carbocycles. The molecule has 7 atom stereocenters. The van der Waals surface area contributed by atoms with Gasteiger partial charge < -0.3 is 9.21 Å². The van der Waals surface area contributed by atoms with Crippen molar-refractivity contribution < 1.29 is 14.0 Å². The third-order valence-corrected chi connectivity index (χ3v) is 13.6. The van der Waals surface area contributed by atoms with Gasteiger partial charge in [-0.1, -0.05) is 60.1 Å². The molecule has 41 heavy (non-hydrogen) atoms. The Labute approximate surface area is 244 Å². The number of carbonyl (C=O) groups is 2. The van der Waals surface area contributed by atoms with Gasteiger partial charge >= 0.3 is 0 Å². The Balaban J connectivity index is 1.38. The van der Waals surface area contributed by atoms with E-state index in [1.165, 1.54) is 0 Å². The lowest BCUT2D eigenvalue weighted by Crippen LogP contribution is -2.65. The van der Waals surface area contributed by atoms with Gasteiger partial charge in [-0.05, 0) is 91.9 Å². The molecule has 6 nitrogen and oxygen atoms in total. The van der Waals surface area contributed by atoms with Crippen LogP contribution in [-0.4, -0.2) is 21.8 Å². The van der Waals surface area contributed by atoms with Crippen molar-refractivity contribution in [2.45, 2.75) is 118 Å².